The highest BCUT2D eigenvalue weighted by Crippen LogP contribution is 2.23. The van der Waals surface area contributed by atoms with Crippen molar-refractivity contribution in [1.29, 1.82) is 0 Å². The maximum atomic E-state index is 6.01. The standard InChI is InChI=1S/C16H27ClN4S2.HI/c1-18-16(19-7-3-4-12-22-2)21-10-8-20(9-11-21)13-14-5-6-15(17)23-14;/h5-6H,3-4,7-13H2,1-2H3,(H,18,19);1H. The molecule has 1 saturated heterocycles. The predicted octanol–water partition coefficient (Wildman–Crippen LogP) is 3.86. The molecule has 0 spiro atoms. The molecule has 4 nitrogen and oxygen atoms in total. The Morgan fingerprint density at radius 3 is 2.62 bits per heavy atom. The van der Waals surface area contributed by atoms with Gasteiger partial charge < -0.3 is 10.2 Å². The molecular weight excluding hydrogens is 475 g/mol. The van der Waals surface area contributed by atoms with Crippen molar-refractivity contribution in [2.45, 2.75) is 19.4 Å². The summed E-state index contributed by atoms with van der Waals surface area (Å²) in [7, 11) is 1.88. The monoisotopic (exact) mass is 502 g/mol. The van der Waals surface area contributed by atoms with Crippen molar-refractivity contribution in [2.24, 2.45) is 4.99 Å². The van der Waals surface area contributed by atoms with Crippen LogP contribution >= 0.6 is 58.7 Å². The molecule has 2 heterocycles. The van der Waals surface area contributed by atoms with Crippen molar-refractivity contribution in [3.05, 3.63) is 21.3 Å². The fraction of sp³-hybridized carbons (Fsp3) is 0.688. The Morgan fingerprint density at radius 1 is 1.29 bits per heavy atom. The Kier molecular flexibility index (Phi) is 11.7. The van der Waals surface area contributed by atoms with Crippen LogP contribution in [0.2, 0.25) is 4.34 Å². The van der Waals surface area contributed by atoms with Crippen LogP contribution in [0.15, 0.2) is 17.1 Å². The summed E-state index contributed by atoms with van der Waals surface area (Å²) in [6, 6.07) is 4.12. The van der Waals surface area contributed by atoms with Gasteiger partial charge in [0.1, 0.15) is 0 Å². The van der Waals surface area contributed by atoms with E-state index in [2.05, 4.69) is 32.4 Å². The van der Waals surface area contributed by atoms with E-state index in [1.807, 2.05) is 24.9 Å². The maximum Gasteiger partial charge on any atom is 0.193 e. The third-order valence-corrected chi connectivity index (χ3v) is 5.86. The van der Waals surface area contributed by atoms with Crippen molar-refractivity contribution in [1.82, 2.24) is 15.1 Å². The smallest absolute Gasteiger partial charge is 0.193 e. The first-order valence-electron chi connectivity index (χ1n) is 8.14. The number of halogens is 2. The Labute approximate surface area is 176 Å². The Morgan fingerprint density at radius 2 is 2.04 bits per heavy atom. The largest absolute Gasteiger partial charge is 0.356 e. The first-order chi connectivity index (χ1) is 11.2. The minimum atomic E-state index is 0. The number of hydrogen-bond acceptors (Lipinski definition) is 4. The van der Waals surface area contributed by atoms with Crippen LogP contribution in [0.4, 0.5) is 0 Å². The van der Waals surface area contributed by atoms with Crippen LogP contribution in [-0.4, -0.2) is 67.5 Å². The van der Waals surface area contributed by atoms with Gasteiger partial charge in [-0.1, -0.05) is 11.6 Å². The molecule has 1 aromatic rings. The number of guanidine groups is 1. The van der Waals surface area contributed by atoms with E-state index in [0.717, 1.165) is 49.6 Å². The van der Waals surface area contributed by atoms with Crippen molar-refractivity contribution in [2.75, 3.05) is 51.8 Å². The Hall–Kier alpha value is 0.300. The summed E-state index contributed by atoms with van der Waals surface area (Å²) in [6.07, 6.45) is 4.64. The topological polar surface area (TPSA) is 30.9 Å². The molecule has 2 rings (SSSR count). The molecule has 0 amide bonds. The molecule has 1 fully saturated rings. The molecule has 0 aliphatic carbocycles. The zero-order chi connectivity index (χ0) is 16.5. The third-order valence-electron chi connectivity index (χ3n) is 3.95. The summed E-state index contributed by atoms with van der Waals surface area (Å²) in [6.45, 7) is 6.23. The van der Waals surface area contributed by atoms with Gasteiger partial charge in [0.05, 0.1) is 4.34 Å². The lowest BCUT2D eigenvalue weighted by atomic mass is 10.3. The average Bonchev–Trinajstić information content (AvgIpc) is 2.97. The van der Waals surface area contributed by atoms with Crippen LogP contribution < -0.4 is 5.32 Å². The van der Waals surface area contributed by atoms with Crippen molar-refractivity contribution >= 4 is 64.6 Å². The van der Waals surface area contributed by atoms with Crippen molar-refractivity contribution < 1.29 is 0 Å². The second kappa shape index (κ2) is 12.6. The molecule has 1 aliphatic rings. The number of nitrogens with one attached hydrogen (secondary N) is 1. The number of piperazine rings is 1. The summed E-state index contributed by atoms with van der Waals surface area (Å²) >= 11 is 9.61. The first kappa shape index (κ1) is 22.3. The van der Waals surface area contributed by atoms with E-state index in [4.69, 9.17) is 11.6 Å². The molecule has 0 aromatic carbocycles. The second-order valence-corrected chi connectivity index (χ2v) is 8.43. The van der Waals surface area contributed by atoms with Gasteiger partial charge in [-0.3, -0.25) is 9.89 Å². The Balaban J connectivity index is 0.00000288. The number of thiophene rings is 1. The summed E-state index contributed by atoms with van der Waals surface area (Å²) in [5.41, 5.74) is 0. The van der Waals surface area contributed by atoms with Gasteiger partial charge in [0, 0.05) is 51.2 Å². The SMILES string of the molecule is CN=C(NCCCCSC)N1CCN(Cc2ccc(Cl)s2)CC1.I. The van der Waals surface area contributed by atoms with Gasteiger partial charge in [-0.2, -0.15) is 11.8 Å². The molecule has 1 aromatic heterocycles. The van der Waals surface area contributed by atoms with Gasteiger partial charge in [0.15, 0.2) is 5.96 Å². The fourth-order valence-corrected chi connectivity index (χ4v) is 4.30. The lowest BCUT2D eigenvalue weighted by molar-refractivity contribution is 0.174. The minimum absolute atomic E-state index is 0. The quantitative estimate of drug-likeness (QED) is 0.265. The summed E-state index contributed by atoms with van der Waals surface area (Å²) < 4.78 is 0.879. The zero-order valence-corrected chi connectivity index (χ0v) is 19.2. The van der Waals surface area contributed by atoms with Crippen LogP contribution in [0.3, 0.4) is 0 Å². The van der Waals surface area contributed by atoms with Gasteiger partial charge in [-0.05, 0) is 37.0 Å². The number of aliphatic imine (C=N–C) groups is 1. The molecule has 0 saturated carbocycles. The number of nitrogens with zero attached hydrogens (tertiary/aromatic N) is 3. The predicted molar refractivity (Wildman–Crippen MR) is 121 cm³/mol. The normalized spacial score (nSPS) is 16.1. The lowest BCUT2D eigenvalue weighted by Gasteiger charge is -2.36. The molecule has 0 unspecified atom stereocenters. The van der Waals surface area contributed by atoms with E-state index >= 15 is 0 Å². The van der Waals surface area contributed by atoms with Gasteiger partial charge in [-0.25, -0.2) is 0 Å². The van der Waals surface area contributed by atoms with E-state index in [-0.39, 0.29) is 24.0 Å². The van der Waals surface area contributed by atoms with Crippen molar-refractivity contribution in [3.8, 4) is 0 Å². The highest BCUT2D eigenvalue weighted by molar-refractivity contribution is 14.0. The Bertz CT molecular complexity index is 490. The highest BCUT2D eigenvalue weighted by atomic mass is 127. The molecular formula is C16H28ClIN4S2. The highest BCUT2D eigenvalue weighted by Gasteiger charge is 2.19. The van der Waals surface area contributed by atoms with E-state index in [1.165, 1.54) is 23.5 Å². The maximum absolute atomic E-state index is 6.01. The summed E-state index contributed by atoms with van der Waals surface area (Å²) in [5, 5.41) is 3.50. The van der Waals surface area contributed by atoms with E-state index in [1.54, 1.807) is 11.3 Å². The molecule has 0 atom stereocenters. The number of thioether (sulfide) groups is 1. The van der Waals surface area contributed by atoms with Crippen molar-refractivity contribution in [3.63, 3.8) is 0 Å². The van der Waals surface area contributed by atoms with Gasteiger partial charge in [0.2, 0.25) is 0 Å². The molecule has 8 heteroatoms. The fourth-order valence-electron chi connectivity index (χ4n) is 2.68. The number of rotatable bonds is 7. The number of hydrogen-bond donors (Lipinski definition) is 1. The van der Waals surface area contributed by atoms with E-state index in [0.29, 0.717) is 0 Å². The molecule has 138 valence electrons. The van der Waals surface area contributed by atoms with Crippen LogP contribution in [-0.2, 0) is 6.54 Å². The molecule has 0 radical (unpaired) electrons. The molecule has 0 bridgehead atoms. The summed E-state index contributed by atoms with van der Waals surface area (Å²) in [4.78, 5) is 10.6. The van der Waals surface area contributed by atoms with Gasteiger partial charge in [0.25, 0.3) is 0 Å². The van der Waals surface area contributed by atoms with Crippen LogP contribution in [0, 0.1) is 0 Å². The van der Waals surface area contributed by atoms with Crippen LogP contribution in [0.1, 0.15) is 17.7 Å². The average molecular weight is 503 g/mol. The van der Waals surface area contributed by atoms with Crippen LogP contribution in [0.5, 0.6) is 0 Å². The van der Waals surface area contributed by atoms with E-state index in [9.17, 15) is 0 Å². The lowest BCUT2D eigenvalue weighted by Crippen LogP contribution is -2.52. The zero-order valence-electron chi connectivity index (χ0n) is 14.5. The van der Waals surface area contributed by atoms with E-state index < -0.39 is 0 Å². The van der Waals surface area contributed by atoms with Gasteiger partial charge in [-0.15, -0.1) is 35.3 Å². The molecule has 1 N–H and O–H groups in total. The van der Waals surface area contributed by atoms with Crippen LogP contribution in [0.25, 0.3) is 0 Å². The molecule has 24 heavy (non-hydrogen) atoms. The second-order valence-electron chi connectivity index (χ2n) is 5.64. The summed E-state index contributed by atoms with van der Waals surface area (Å²) in [5.74, 6) is 2.29. The number of unbranched alkanes of at least 4 members (excludes halogenated alkanes) is 1. The minimum Gasteiger partial charge on any atom is -0.356 e. The third kappa shape index (κ3) is 7.68. The first-order valence-corrected chi connectivity index (χ1v) is 10.7. The van der Waals surface area contributed by atoms with Gasteiger partial charge >= 0.3 is 0 Å². The molecule has 1 aliphatic heterocycles.